The Kier molecular flexibility index (Phi) is 30.2. The lowest BCUT2D eigenvalue weighted by atomic mass is 9.93. The molecule has 0 aliphatic carbocycles. The van der Waals surface area contributed by atoms with Gasteiger partial charge in [-0.2, -0.15) is 0 Å². The highest BCUT2D eigenvalue weighted by Gasteiger charge is 2.61. The van der Waals surface area contributed by atoms with Gasteiger partial charge in [-0.05, 0) is 13.8 Å². The number of nitrogens with one attached hydrogen (secondary N) is 3. The molecule has 105 heavy (non-hydrogen) atoms. The second kappa shape index (κ2) is 37.0. The summed E-state index contributed by atoms with van der Waals surface area (Å²) in [5, 5.41) is 262. The van der Waals surface area contributed by atoms with Crippen LogP contribution in [0.1, 0.15) is 34.6 Å². The Balaban J connectivity index is 1.06. The van der Waals surface area contributed by atoms with E-state index in [0.29, 0.717) is 0 Å². The molecule has 0 aromatic rings. The molecular formula is C59H99N3O43. The second-order valence-corrected chi connectivity index (χ2v) is 26.9. The van der Waals surface area contributed by atoms with Crippen LogP contribution in [0.5, 0.6) is 0 Å². The molecule has 9 heterocycles. The quantitative estimate of drug-likeness (QED) is 0.0404. The maximum absolute atomic E-state index is 13.4. The van der Waals surface area contributed by atoms with E-state index in [0.717, 1.165) is 20.8 Å². The smallest absolute Gasteiger partial charge is 0.217 e. The minimum absolute atomic E-state index is 0.792. The van der Waals surface area contributed by atoms with E-state index in [9.17, 15) is 132 Å². The number of carbonyl (C=O) groups excluding carboxylic acids is 3. The van der Waals surface area contributed by atoms with Crippen LogP contribution in [0.3, 0.4) is 0 Å². The topological polar surface area (TPSA) is 710 Å². The summed E-state index contributed by atoms with van der Waals surface area (Å²) in [6.45, 7) is -1.87. The number of aliphatic hydroxyl groups excluding tert-OH is 23. The molecule has 9 rings (SSSR count). The van der Waals surface area contributed by atoms with Crippen LogP contribution in [0.25, 0.3) is 0 Å². The lowest BCUT2D eigenvalue weighted by molar-refractivity contribution is -0.412. The van der Waals surface area contributed by atoms with Gasteiger partial charge in [-0.25, -0.2) is 0 Å². The molecule has 9 aliphatic rings. The summed E-state index contributed by atoms with van der Waals surface area (Å²) in [5.41, 5.74) is 0. The predicted octanol–water partition coefficient (Wildman–Crippen LogP) is -17.5. The van der Waals surface area contributed by atoms with Crippen molar-refractivity contribution in [3.63, 3.8) is 0 Å². The summed E-state index contributed by atoms with van der Waals surface area (Å²) in [6, 6.07) is -5.67. The Morgan fingerprint density at radius 1 is 0.305 bits per heavy atom. The summed E-state index contributed by atoms with van der Waals surface area (Å²) in [7, 11) is 0. The van der Waals surface area contributed by atoms with Gasteiger partial charge in [0.1, 0.15) is 201 Å². The molecule has 0 saturated carbocycles. The minimum atomic E-state index is -2.41. The largest absolute Gasteiger partial charge is 0.394 e. The normalized spacial score (nSPS) is 50.7. The van der Waals surface area contributed by atoms with Gasteiger partial charge in [0.2, 0.25) is 17.7 Å². The highest BCUT2D eigenvalue weighted by molar-refractivity contribution is 5.74. The van der Waals surface area contributed by atoms with Gasteiger partial charge in [0.25, 0.3) is 0 Å². The van der Waals surface area contributed by atoms with Crippen molar-refractivity contribution in [2.75, 3.05) is 46.2 Å². The summed E-state index contributed by atoms with van der Waals surface area (Å²) in [6.07, 6.45) is -82.5. The third-order valence-electron chi connectivity index (χ3n) is 19.5. The van der Waals surface area contributed by atoms with Gasteiger partial charge >= 0.3 is 0 Å². The summed E-state index contributed by atoms with van der Waals surface area (Å²) < 4.78 is 102. The highest BCUT2D eigenvalue weighted by atomic mass is 16.8. The fourth-order valence-electron chi connectivity index (χ4n) is 13.6. The van der Waals surface area contributed by atoms with Crippen LogP contribution in [0.2, 0.25) is 0 Å². The van der Waals surface area contributed by atoms with Crippen molar-refractivity contribution in [2.45, 2.75) is 305 Å². The van der Waals surface area contributed by atoms with E-state index in [1.165, 1.54) is 13.8 Å². The van der Waals surface area contributed by atoms with Crippen LogP contribution >= 0.6 is 0 Å². The van der Waals surface area contributed by atoms with Gasteiger partial charge in [-0.1, -0.05) is 0 Å². The van der Waals surface area contributed by atoms with Crippen LogP contribution in [0.4, 0.5) is 0 Å². The number of rotatable bonds is 25. The number of amides is 3. The second-order valence-electron chi connectivity index (χ2n) is 26.9. The van der Waals surface area contributed by atoms with Crippen molar-refractivity contribution in [1.29, 1.82) is 0 Å². The third kappa shape index (κ3) is 18.8. The van der Waals surface area contributed by atoms with Crippen LogP contribution in [-0.2, 0) is 94.9 Å². The van der Waals surface area contributed by atoms with Crippen molar-refractivity contribution in [2.24, 2.45) is 0 Å². The molecule has 26 N–H and O–H groups in total. The fraction of sp³-hybridized carbons (Fsp3) is 0.949. The molecule has 0 aromatic heterocycles. The zero-order valence-electron chi connectivity index (χ0n) is 56.8. The van der Waals surface area contributed by atoms with Crippen molar-refractivity contribution < 1.29 is 212 Å². The Labute approximate surface area is 595 Å². The zero-order chi connectivity index (χ0) is 77.2. The molecule has 608 valence electrons. The maximum Gasteiger partial charge on any atom is 0.217 e. The highest BCUT2D eigenvalue weighted by Crippen LogP contribution is 2.41. The van der Waals surface area contributed by atoms with Gasteiger partial charge in [0, 0.05) is 20.8 Å². The van der Waals surface area contributed by atoms with Gasteiger partial charge in [0.05, 0.1) is 58.5 Å². The van der Waals surface area contributed by atoms with Crippen LogP contribution in [0.15, 0.2) is 0 Å². The maximum atomic E-state index is 13.4. The monoisotopic (exact) mass is 1540 g/mol. The molecule has 9 aliphatic heterocycles. The Morgan fingerprint density at radius 3 is 1.24 bits per heavy atom. The molecule has 9 fully saturated rings. The van der Waals surface area contributed by atoms with E-state index in [1.54, 1.807) is 0 Å². The van der Waals surface area contributed by atoms with Crippen molar-refractivity contribution in [3.05, 3.63) is 0 Å². The van der Waals surface area contributed by atoms with Crippen molar-refractivity contribution >= 4 is 17.7 Å². The Bertz CT molecular complexity index is 2750. The summed E-state index contributed by atoms with van der Waals surface area (Å²) in [5.74, 6) is -2.74. The molecule has 9 saturated heterocycles. The van der Waals surface area contributed by atoms with E-state index in [2.05, 4.69) is 16.0 Å². The SMILES string of the molecule is CC(=O)N[C@@H]1[C@@H](O)[C@H](O[C@@H]2O[C@H](CO)[C@@H](O[C@@H]3O[C@H](CO)[C@@H](O)[C@H](O[C@H]4O[C@H](CO)[C@@H](O)[C@H](O)[C@@H]4O[C@@H]4O[C@H](CO)[C@@H](O[C@@H]5O[C@H](CO)[C@H](O)[C@H](O)[C@H]5O)[C@H](O[C@@H]5O[C@@H](C)[C@@H](O)[C@@H](O)[C@@H]5O)[C@H]4NC(C)=O)[C@@H]3O[C@@H]3OC[C@@H](O)[C@H](O)[C@H]3O)[C@H](O)[C@H]2NC(C)=O)[C@@H](CO[C@@H]2O[C@@H](C)[C@@H](O)[C@@H](O)[C@@H]2O)O[C@H]1O. The number of hydrogen-bond donors (Lipinski definition) is 26. The standard InChI is InChI=1S/C59H99N3O43/c1-13-28(72)36(80)41(85)54(91-13)90-12-24-45(34(78)25(51(88)93-24)60-15(3)68)99-52-26(61-16(4)69)35(79)44(22(9-66)97-52)100-59-50(105-55-40(84)30(74)18(71)11-89-55)48(33(77)21(8-65)96-59)103-58-49(39(83)32(76)20(7-64)95-58)104-53-27(62-17(5)70)47(102-56-42(86)37(81)29(73)14(2)92-56)46(23(10-67)98-53)101-57-43(87)38(82)31(75)19(6-63)94-57/h13-14,18-59,63-67,71-88H,6-12H2,1-5H3,(H,60,68)(H,61,69)(H,62,70)/t13-,14-,18+,19+,20+,21+,22+,23+,24+,25+,26+,27+,28+,29+,30-,31-,32+,33+,34+,35+,36+,37+,38-,39-,40+,41-,42-,43+,44+,45+,46+,47+,48-,49-,50-,51+,52-,53-,54+,55-,56-,57-,58+,59-/m0/s1. The Hall–Kier alpha value is -3.19. The van der Waals surface area contributed by atoms with E-state index >= 15 is 0 Å². The molecule has 0 unspecified atom stereocenters. The molecule has 0 bridgehead atoms. The first-order valence-corrected chi connectivity index (χ1v) is 33.8. The molecule has 3 amide bonds. The van der Waals surface area contributed by atoms with E-state index in [-0.39, 0.29) is 0 Å². The first-order valence-electron chi connectivity index (χ1n) is 33.8. The van der Waals surface area contributed by atoms with E-state index in [1.807, 2.05) is 0 Å². The lowest BCUT2D eigenvalue weighted by Gasteiger charge is -2.52. The zero-order valence-corrected chi connectivity index (χ0v) is 56.8. The Morgan fingerprint density at radius 2 is 0.676 bits per heavy atom. The van der Waals surface area contributed by atoms with Gasteiger partial charge in [0.15, 0.2) is 56.6 Å². The molecular weight excluding hydrogens is 1440 g/mol. The molecule has 46 heteroatoms. The fourth-order valence-corrected chi connectivity index (χ4v) is 13.6. The van der Waals surface area contributed by atoms with Gasteiger partial charge < -0.3 is 214 Å². The lowest BCUT2D eigenvalue weighted by Crippen LogP contribution is -2.72. The van der Waals surface area contributed by atoms with Crippen LogP contribution in [-0.4, -0.2) is 451 Å². The van der Waals surface area contributed by atoms with Gasteiger partial charge in [-0.3, -0.25) is 14.4 Å². The van der Waals surface area contributed by atoms with Crippen LogP contribution < -0.4 is 16.0 Å². The third-order valence-corrected chi connectivity index (χ3v) is 19.5. The molecule has 0 radical (unpaired) electrons. The molecule has 44 atom stereocenters. The number of aliphatic hydroxyl groups is 23. The number of carbonyl (C=O) groups is 3. The number of hydrogen-bond acceptors (Lipinski definition) is 43. The molecule has 46 nitrogen and oxygen atoms in total. The van der Waals surface area contributed by atoms with E-state index < -0.39 is 334 Å². The predicted molar refractivity (Wildman–Crippen MR) is 323 cm³/mol. The van der Waals surface area contributed by atoms with Crippen molar-refractivity contribution in [3.8, 4) is 0 Å². The van der Waals surface area contributed by atoms with Crippen molar-refractivity contribution in [1.82, 2.24) is 16.0 Å². The summed E-state index contributed by atoms with van der Waals surface area (Å²) >= 11 is 0. The van der Waals surface area contributed by atoms with E-state index in [4.69, 9.17) is 80.5 Å². The average Bonchev–Trinajstić information content (AvgIpc) is 0.758. The van der Waals surface area contributed by atoms with Gasteiger partial charge in [-0.15, -0.1) is 0 Å². The summed E-state index contributed by atoms with van der Waals surface area (Å²) in [4.78, 5) is 38.9. The first kappa shape index (κ1) is 85.8. The minimum Gasteiger partial charge on any atom is -0.394 e. The average molecular weight is 1540 g/mol. The number of ether oxygens (including phenoxy) is 17. The molecule has 0 spiro atoms. The first-order chi connectivity index (χ1) is 49.6. The van der Waals surface area contributed by atoms with Crippen LogP contribution in [0, 0.1) is 0 Å². The molecule has 0 aromatic carbocycles.